The number of benzene rings is 1. The maximum Gasteiger partial charge on any atom is 0.408 e. The van der Waals surface area contributed by atoms with Gasteiger partial charge < -0.3 is 49.6 Å². The lowest BCUT2D eigenvalue weighted by Gasteiger charge is -2.47. The number of aliphatic hydroxyl groups is 1. The van der Waals surface area contributed by atoms with Crippen LogP contribution in [0.15, 0.2) is 24.3 Å². The summed E-state index contributed by atoms with van der Waals surface area (Å²) in [5.74, 6) is -3.61. The minimum atomic E-state index is -1.19. The summed E-state index contributed by atoms with van der Waals surface area (Å²) in [6, 6.07) is 4.88. The molecule has 4 N–H and O–H groups in total. The molecule has 288 valence electrons. The van der Waals surface area contributed by atoms with E-state index in [1.54, 1.807) is 33.1 Å². The lowest BCUT2D eigenvalue weighted by atomic mass is 9.78. The number of esters is 1. The molecule has 3 aliphatic rings. The van der Waals surface area contributed by atoms with Gasteiger partial charge in [-0.1, -0.05) is 20.8 Å². The van der Waals surface area contributed by atoms with Crippen LogP contribution in [-0.2, 0) is 33.3 Å². The number of anilines is 1. The molecular weight excluding hydrogens is 663 g/mol. The zero-order chi connectivity index (χ0) is 37.8. The van der Waals surface area contributed by atoms with Crippen LogP contribution in [0, 0.1) is 23.6 Å². The second-order valence-electron chi connectivity index (χ2n) is 15.3. The summed E-state index contributed by atoms with van der Waals surface area (Å²) in [6.45, 7) is 13.5. The molecule has 0 aliphatic carbocycles. The number of alkyl carbamates (subject to hydrolysis) is 1. The molecule has 1 amide bonds. The van der Waals surface area contributed by atoms with E-state index in [-0.39, 0.29) is 23.8 Å². The number of carbonyl (C=O) groups excluding carboxylic acids is 3. The molecule has 1 aromatic rings. The molecule has 1 aromatic carbocycles. The zero-order valence-corrected chi connectivity index (χ0v) is 31.7. The first kappa shape index (κ1) is 40.9. The van der Waals surface area contributed by atoms with Gasteiger partial charge in [0, 0.05) is 37.3 Å². The monoisotopic (exact) mass is 722 g/mol. The summed E-state index contributed by atoms with van der Waals surface area (Å²) in [6.07, 6.45) is -3.75. The van der Waals surface area contributed by atoms with Gasteiger partial charge >= 0.3 is 12.1 Å². The fourth-order valence-corrected chi connectivity index (χ4v) is 7.95. The van der Waals surface area contributed by atoms with Gasteiger partial charge in [-0.2, -0.15) is 0 Å². The average Bonchev–Trinajstić information content (AvgIpc) is 3.41. The van der Waals surface area contributed by atoms with Crippen LogP contribution in [-0.4, -0.2) is 122 Å². The van der Waals surface area contributed by atoms with Gasteiger partial charge in [-0.15, -0.1) is 0 Å². The Labute approximate surface area is 301 Å². The van der Waals surface area contributed by atoms with E-state index in [0.29, 0.717) is 38.0 Å². The molecule has 4 unspecified atom stereocenters. The summed E-state index contributed by atoms with van der Waals surface area (Å²) in [5, 5.41) is 21.3. The second kappa shape index (κ2) is 16.9. The van der Waals surface area contributed by atoms with Gasteiger partial charge in [0.1, 0.15) is 23.9 Å². The van der Waals surface area contributed by atoms with Crippen molar-refractivity contribution in [1.29, 1.82) is 0 Å². The first-order valence-electron chi connectivity index (χ1n) is 18.1. The number of nitrogens with zero attached hydrogens (tertiary/aromatic N) is 1. The molecule has 3 saturated heterocycles. The molecule has 13 nitrogen and oxygen atoms in total. The Morgan fingerprint density at radius 2 is 1.76 bits per heavy atom. The smallest absolute Gasteiger partial charge is 0.408 e. The number of hydrogen-bond acceptors (Lipinski definition) is 12. The van der Waals surface area contributed by atoms with E-state index in [9.17, 15) is 23.9 Å². The molecular formula is C37H59FN4O9. The van der Waals surface area contributed by atoms with Crippen molar-refractivity contribution in [3.8, 4) is 0 Å². The lowest BCUT2D eigenvalue weighted by molar-refractivity contribution is -0.296. The van der Waals surface area contributed by atoms with E-state index >= 15 is 0 Å². The van der Waals surface area contributed by atoms with Gasteiger partial charge in [0.15, 0.2) is 17.7 Å². The number of rotatable bonds is 8. The number of amides is 1. The third-order valence-corrected chi connectivity index (χ3v) is 11.1. The number of hydrogen-bond donors (Lipinski definition) is 4. The number of halogens is 1. The minimum absolute atomic E-state index is 0.0168. The van der Waals surface area contributed by atoms with Crippen molar-refractivity contribution in [2.24, 2.45) is 17.8 Å². The Morgan fingerprint density at radius 1 is 1.10 bits per heavy atom. The Balaban J connectivity index is 1.66. The van der Waals surface area contributed by atoms with E-state index in [2.05, 4.69) is 22.9 Å². The highest BCUT2D eigenvalue weighted by Gasteiger charge is 2.55. The van der Waals surface area contributed by atoms with Crippen molar-refractivity contribution in [3.63, 3.8) is 0 Å². The Kier molecular flexibility index (Phi) is 13.5. The van der Waals surface area contributed by atoms with Crippen LogP contribution in [0.3, 0.4) is 0 Å². The van der Waals surface area contributed by atoms with Crippen LogP contribution < -0.4 is 16.0 Å². The number of aliphatic hydroxyl groups excluding tert-OH is 1. The molecule has 3 fully saturated rings. The number of ketones is 1. The van der Waals surface area contributed by atoms with Gasteiger partial charge in [0.05, 0.1) is 23.9 Å². The number of likely N-dealkylation sites (N-methyl/N-ethyl adjacent to an activating group) is 1. The maximum atomic E-state index is 14.2. The molecule has 0 radical (unpaired) electrons. The van der Waals surface area contributed by atoms with Crippen LogP contribution in [0.2, 0.25) is 0 Å². The average molecular weight is 723 g/mol. The van der Waals surface area contributed by atoms with Crippen LogP contribution in [0.5, 0.6) is 0 Å². The molecule has 13 atom stereocenters. The molecule has 0 saturated carbocycles. The first-order valence-corrected chi connectivity index (χ1v) is 18.1. The number of Topliss-reactive ketones (excluding diaryl/α,β-unsaturated/α-hetero) is 1. The second-order valence-corrected chi connectivity index (χ2v) is 15.3. The maximum absolute atomic E-state index is 14.2. The predicted molar refractivity (Wildman–Crippen MR) is 188 cm³/mol. The minimum Gasteiger partial charge on any atom is -0.458 e. The summed E-state index contributed by atoms with van der Waals surface area (Å²) < 4.78 is 44.5. The summed E-state index contributed by atoms with van der Waals surface area (Å²) in [7, 11) is 5.29. The quantitative estimate of drug-likeness (QED) is 0.229. The third-order valence-electron chi connectivity index (χ3n) is 11.1. The zero-order valence-electron chi connectivity index (χ0n) is 31.7. The molecule has 3 aliphatic heterocycles. The van der Waals surface area contributed by atoms with E-state index < -0.39 is 77.6 Å². The summed E-state index contributed by atoms with van der Waals surface area (Å²) in [5.41, 5.74) is -1.55. The Morgan fingerprint density at radius 3 is 2.37 bits per heavy atom. The number of nitrogens with one attached hydrogen (secondary N) is 3. The normalized spacial score (nSPS) is 40.0. The predicted octanol–water partition coefficient (Wildman–Crippen LogP) is 3.48. The molecule has 51 heavy (non-hydrogen) atoms. The summed E-state index contributed by atoms with van der Waals surface area (Å²) in [4.78, 5) is 42.4. The van der Waals surface area contributed by atoms with Gasteiger partial charge in [-0.3, -0.25) is 9.59 Å². The topological polar surface area (TPSA) is 157 Å². The lowest BCUT2D eigenvalue weighted by Crippen LogP contribution is -2.60. The van der Waals surface area contributed by atoms with Crippen molar-refractivity contribution in [1.82, 2.24) is 15.5 Å². The van der Waals surface area contributed by atoms with Crippen molar-refractivity contribution in [2.75, 3.05) is 39.6 Å². The number of ether oxygens (including phenoxy) is 5. The standard InChI is InChI=1S/C37H59FN4O9/c1-11-28-37(7)31(41-35(46)51-37)23(5)39-18-20(2)17-36(6,47-10)32(21(3)29(43)22(4)33(45)49-28)50-34-30(44)27(42(8)9)16-26(48-34)19-40-25-14-12-24(38)13-15-25/h12-15,20-23,26-28,30-32,34,39-40,44H,11,16-19H2,1-10H3,(H,41,46)/t20-,21+,22?,23-,26?,27?,28-,30?,31-,32-,34+,36-,37-/m1/s1. The third kappa shape index (κ3) is 9.20. The number of methoxy groups -OCH3 is 1. The Hall–Kier alpha value is -2.88. The van der Waals surface area contributed by atoms with Crippen molar-refractivity contribution in [3.05, 3.63) is 30.1 Å². The highest BCUT2D eigenvalue weighted by atomic mass is 19.1. The van der Waals surface area contributed by atoms with Crippen molar-refractivity contribution >= 4 is 23.5 Å². The van der Waals surface area contributed by atoms with Crippen LogP contribution in [0.1, 0.15) is 67.7 Å². The molecule has 0 spiro atoms. The first-order chi connectivity index (χ1) is 23.9. The molecule has 3 heterocycles. The largest absolute Gasteiger partial charge is 0.458 e. The Bertz CT molecular complexity index is 1350. The highest BCUT2D eigenvalue weighted by Crippen LogP contribution is 2.38. The molecule has 0 aromatic heterocycles. The van der Waals surface area contributed by atoms with E-state index in [1.807, 2.05) is 39.8 Å². The van der Waals surface area contributed by atoms with Crippen LogP contribution in [0.4, 0.5) is 14.9 Å². The fraction of sp³-hybridized carbons (Fsp3) is 0.757. The van der Waals surface area contributed by atoms with Gasteiger partial charge in [-0.25, -0.2) is 9.18 Å². The van der Waals surface area contributed by atoms with E-state index in [4.69, 9.17) is 23.7 Å². The number of cyclic esters (lactones) is 1. The number of fused-ring (bicyclic) bond motifs is 1. The molecule has 14 heteroatoms. The van der Waals surface area contributed by atoms with Crippen molar-refractivity contribution < 1.29 is 47.6 Å². The van der Waals surface area contributed by atoms with Crippen molar-refractivity contribution in [2.45, 2.75) is 128 Å². The van der Waals surface area contributed by atoms with Gasteiger partial charge in [0.25, 0.3) is 0 Å². The SMILES string of the molecule is CC[C@H]1OC(=O)C(C)C(=O)[C@H](C)[C@@H](O[C@@H]2OC(CNc3ccc(F)cc3)CC(N(C)C)C2O)[C@](C)(OC)C[C@@H](C)CN[C@H](C)[C@H]2NC(=O)O[C@@]21C. The van der Waals surface area contributed by atoms with Crippen LogP contribution >= 0.6 is 0 Å². The number of carbonyl (C=O) groups is 3. The fourth-order valence-electron chi connectivity index (χ4n) is 7.95. The van der Waals surface area contributed by atoms with Gasteiger partial charge in [-0.05, 0) is 97.8 Å². The molecule has 4 rings (SSSR count). The highest BCUT2D eigenvalue weighted by molar-refractivity contribution is 6.00. The van der Waals surface area contributed by atoms with E-state index in [1.165, 1.54) is 19.1 Å². The molecule has 0 bridgehead atoms. The summed E-state index contributed by atoms with van der Waals surface area (Å²) >= 11 is 0. The van der Waals surface area contributed by atoms with Gasteiger partial charge in [0.2, 0.25) is 0 Å². The van der Waals surface area contributed by atoms with E-state index in [0.717, 1.165) is 0 Å². The van der Waals surface area contributed by atoms with Crippen LogP contribution in [0.25, 0.3) is 0 Å².